The lowest BCUT2D eigenvalue weighted by Gasteiger charge is -2.06. The number of alkyl halides is 1. The molecular weight excluding hydrogens is 258 g/mol. The van der Waals surface area contributed by atoms with Crippen LogP contribution in [-0.2, 0) is 4.79 Å². The summed E-state index contributed by atoms with van der Waals surface area (Å²) in [7, 11) is 0. The van der Waals surface area contributed by atoms with E-state index in [2.05, 4.69) is 14.9 Å². The summed E-state index contributed by atoms with van der Waals surface area (Å²) in [5, 5.41) is 5.95. The molecule has 1 atom stereocenters. The Morgan fingerprint density at radius 3 is 2.65 bits per heavy atom. The van der Waals surface area contributed by atoms with E-state index in [9.17, 15) is 4.79 Å². The molecule has 2 aromatic rings. The summed E-state index contributed by atoms with van der Waals surface area (Å²) >= 11 is 6.99. The molecule has 0 saturated carbocycles. The molecule has 17 heavy (non-hydrogen) atoms. The highest BCUT2D eigenvalue weighted by atomic mass is 35.5. The first-order valence-electron chi connectivity index (χ1n) is 4.99. The van der Waals surface area contributed by atoms with Crippen LogP contribution in [0.3, 0.4) is 0 Å². The van der Waals surface area contributed by atoms with Gasteiger partial charge in [0.25, 0.3) is 0 Å². The molecule has 1 N–H and O–H groups in total. The van der Waals surface area contributed by atoms with Crippen LogP contribution in [0.2, 0.25) is 0 Å². The van der Waals surface area contributed by atoms with Crippen LogP contribution < -0.4 is 5.32 Å². The molecule has 1 aromatic heterocycles. The average molecular weight is 268 g/mol. The van der Waals surface area contributed by atoms with Crippen LogP contribution in [0.15, 0.2) is 30.5 Å². The number of nitrogens with one attached hydrogen (secondary N) is 1. The van der Waals surface area contributed by atoms with Gasteiger partial charge in [0.05, 0.1) is 11.1 Å². The fourth-order valence-corrected chi connectivity index (χ4v) is 1.83. The summed E-state index contributed by atoms with van der Waals surface area (Å²) in [6.07, 6.45) is 1.71. The van der Waals surface area contributed by atoms with Gasteiger partial charge in [0.1, 0.15) is 5.38 Å². The fraction of sp³-hybridized carbons (Fsp3) is 0.182. The first kappa shape index (κ1) is 12.0. The van der Waals surface area contributed by atoms with E-state index < -0.39 is 5.38 Å². The van der Waals surface area contributed by atoms with Gasteiger partial charge >= 0.3 is 0 Å². The van der Waals surface area contributed by atoms with Gasteiger partial charge < -0.3 is 5.32 Å². The van der Waals surface area contributed by atoms with Gasteiger partial charge in [-0.1, -0.05) is 16.6 Å². The molecule has 1 aromatic carbocycles. The van der Waals surface area contributed by atoms with Gasteiger partial charge in [-0.25, -0.2) is 0 Å². The topological polar surface area (TPSA) is 54.9 Å². The van der Waals surface area contributed by atoms with E-state index in [1.54, 1.807) is 13.1 Å². The van der Waals surface area contributed by atoms with Crippen molar-refractivity contribution in [2.75, 3.05) is 5.32 Å². The van der Waals surface area contributed by atoms with Crippen LogP contribution in [0.25, 0.3) is 10.4 Å². The Kier molecular flexibility index (Phi) is 3.71. The zero-order valence-electron chi connectivity index (χ0n) is 9.05. The fourth-order valence-electron chi connectivity index (χ4n) is 1.25. The van der Waals surface area contributed by atoms with Crippen LogP contribution in [-0.4, -0.2) is 20.9 Å². The number of benzene rings is 1. The second kappa shape index (κ2) is 5.25. The smallest absolute Gasteiger partial charge is 0.242 e. The van der Waals surface area contributed by atoms with Crippen molar-refractivity contribution in [1.82, 2.24) is 9.59 Å². The van der Waals surface area contributed by atoms with Crippen LogP contribution in [0, 0.1) is 0 Å². The zero-order chi connectivity index (χ0) is 12.3. The monoisotopic (exact) mass is 267 g/mol. The van der Waals surface area contributed by atoms with Gasteiger partial charge in [0, 0.05) is 5.69 Å². The maximum atomic E-state index is 11.4. The third kappa shape index (κ3) is 3.01. The van der Waals surface area contributed by atoms with E-state index in [1.807, 2.05) is 24.3 Å². The van der Waals surface area contributed by atoms with Gasteiger partial charge in [0.2, 0.25) is 5.91 Å². The standard InChI is InChI=1S/C11H10ClN3OS/c1-7(12)11(16)14-9-4-2-8(3-5-9)10-6-13-15-17-10/h2-7H,1H3,(H,14,16). The molecule has 0 spiro atoms. The summed E-state index contributed by atoms with van der Waals surface area (Å²) in [6, 6.07) is 7.46. The third-order valence-electron chi connectivity index (χ3n) is 2.16. The zero-order valence-corrected chi connectivity index (χ0v) is 10.6. The number of anilines is 1. The van der Waals surface area contributed by atoms with Crippen molar-refractivity contribution in [1.29, 1.82) is 0 Å². The third-order valence-corrected chi connectivity index (χ3v) is 3.07. The Labute approximate surface area is 108 Å². The predicted octanol–water partition coefficient (Wildman–Crippen LogP) is 2.77. The Balaban J connectivity index is 2.11. The Morgan fingerprint density at radius 2 is 2.12 bits per heavy atom. The molecule has 0 aliphatic carbocycles. The van der Waals surface area contributed by atoms with Crippen LogP contribution in [0.4, 0.5) is 5.69 Å². The molecule has 0 saturated heterocycles. The largest absolute Gasteiger partial charge is 0.325 e. The molecule has 6 heteroatoms. The summed E-state index contributed by atoms with van der Waals surface area (Å²) in [5.41, 5.74) is 1.75. The first-order chi connectivity index (χ1) is 8.16. The predicted molar refractivity (Wildman–Crippen MR) is 69.3 cm³/mol. The minimum Gasteiger partial charge on any atom is -0.325 e. The summed E-state index contributed by atoms with van der Waals surface area (Å²) in [6.45, 7) is 1.63. The number of carbonyl (C=O) groups excluding carboxylic acids is 1. The number of halogens is 1. The minimum absolute atomic E-state index is 0.209. The van der Waals surface area contributed by atoms with Crippen LogP contribution >= 0.6 is 23.1 Å². The minimum atomic E-state index is -0.541. The quantitative estimate of drug-likeness (QED) is 0.870. The normalized spacial score (nSPS) is 12.1. The molecule has 2 rings (SSSR count). The second-order valence-corrected chi connectivity index (χ2v) is 4.90. The van der Waals surface area contributed by atoms with E-state index in [-0.39, 0.29) is 5.91 Å². The maximum Gasteiger partial charge on any atom is 0.242 e. The summed E-state index contributed by atoms with van der Waals surface area (Å²) in [5.74, 6) is -0.209. The first-order valence-corrected chi connectivity index (χ1v) is 6.20. The SMILES string of the molecule is CC(Cl)C(=O)Nc1ccc(-c2cnns2)cc1. The molecule has 0 aliphatic rings. The molecule has 0 radical (unpaired) electrons. The molecule has 0 bridgehead atoms. The molecule has 1 amide bonds. The molecular formula is C11H10ClN3OS. The Morgan fingerprint density at radius 1 is 1.41 bits per heavy atom. The molecule has 1 heterocycles. The van der Waals surface area contributed by atoms with Crippen molar-refractivity contribution < 1.29 is 4.79 Å². The van der Waals surface area contributed by atoms with Crippen molar-refractivity contribution >= 4 is 34.7 Å². The second-order valence-electron chi connectivity index (χ2n) is 3.46. The lowest BCUT2D eigenvalue weighted by atomic mass is 10.2. The van der Waals surface area contributed by atoms with E-state index in [4.69, 9.17) is 11.6 Å². The highest BCUT2D eigenvalue weighted by Crippen LogP contribution is 2.23. The number of nitrogens with zero attached hydrogens (tertiary/aromatic N) is 2. The van der Waals surface area contributed by atoms with E-state index in [0.29, 0.717) is 0 Å². The van der Waals surface area contributed by atoms with Gasteiger partial charge in [-0.2, -0.15) is 0 Å². The summed E-state index contributed by atoms with van der Waals surface area (Å²) < 4.78 is 3.80. The van der Waals surface area contributed by atoms with Crippen molar-refractivity contribution in [2.45, 2.75) is 12.3 Å². The number of amides is 1. The van der Waals surface area contributed by atoms with E-state index in [1.165, 1.54) is 11.5 Å². The number of hydrogen-bond donors (Lipinski definition) is 1. The molecule has 88 valence electrons. The van der Waals surface area contributed by atoms with E-state index in [0.717, 1.165) is 16.1 Å². The van der Waals surface area contributed by atoms with Crippen molar-refractivity contribution in [3.05, 3.63) is 30.5 Å². The maximum absolute atomic E-state index is 11.4. The Bertz CT molecular complexity index is 496. The van der Waals surface area contributed by atoms with Crippen LogP contribution in [0.5, 0.6) is 0 Å². The lowest BCUT2D eigenvalue weighted by Crippen LogP contribution is -2.20. The van der Waals surface area contributed by atoms with Crippen LogP contribution in [0.1, 0.15) is 6.92 Å². The average Bonchev–Trinajstić information content (AvgIpc) is 2.83. The Hall–Kier alpha value is -1.46. The number of carbonyl (C=O) groups is 1. The molecule has 4 nitrogen and oxygen atoms in total. The highest BCUT2D eigenvalue weighted by Gasteiger charge is 2.09. The number of aromatic nitrogens is 2. The van der Waals surface area contributed by atoms with Gasteiger partial charge in [-0.05, 0) is 36.2 Å². The summed E-state index contributed by atoms with van der Waals surface area (Å²) in [4.78, 5) is 12.4. The molecule has 0 aliphatic heterocycles. The molecule has 0 fully saturated rings. The van der Waals surface area contributed by atoms with Crippen molar-refractivity contribution in [3.8, 4) is 10.4 Å². The highest BCUT2D eigenvalue weighted by molar-refractivity contribution is 7.09. The molecule has 1 unspecified atom stereocenters. The number of rotatable bonds is 3. The van der Waals surface area contributed by atoms with Gasteiger partial charge in [0.15, 0.2) is 0 Å². The lowest BCUT2D eigenvalue weighted by molar-refractivity contribution is -0.115. The van der Waals surface area contributed by atoms with Crippen molar-refractivity contribution in [3.63, 3.8) is 0 Å². The number of hydrogen-bond acceptors (Lipinski definition) is 4. The van der Waals surface area contributed by atoms with Gasteiger partial charge in [-0.3, -0.25) is 4.79 Å². The van der Waals surface area contributed by atoms with Crippen molar-refractivity contribution in [2.24, 2.45) is 0 Å². The van der Waals surface area contributed by atoms with Gasteiger partial charge in [-0.15, -0.1) is 16.7 Å². The van der Waals surface area contributed by atoms with E-state index >= 15 is 0 Å².